The van der Waals surface area contributed by atoms with E-state index in [1.54, 1.807) is 0 Å². The minimum absolute atomic E-state index is 0.661. The fraction of sp³-hybridized carbons (Fsp3) is 0.583. The molecule has 0 atom stereocenters. The molecule has 0 aromatic carbocycles. The molecule has 0 amide bonds. The van der Waals surface area contributed by atoms with E-state index in [1.807, 2.05) is 0 Å². The van der Waals surface area contributed by atoms with Crippen molar-refractivity contribution in [2.45, 2.75) is 46.2 Å². The Labute approximate surface area is 100 Å². The van der Waals surface area contributed by atoms with E-state index in [9.17, 15) is 0 Å². The maximum absolute atomic E-state index is 3.58. The molecule has 0 bridgehead atoms. The van der Waals surface area contributed by atoms with Crippen molar-refractivity contribution in [3.05, 3.63) is 16.1 Å². The third-order valence-electron chi connectivity index (χ3n) is 2.27. The second-order valence-corrected chi connectivity index (χ2v) is 13.6. The summed E-state index contributed by atoms with van der Waals surface area (Å²) < 4.78 is 0. The molecule has 0 aromatic heterocycles. The summed E-state index contributed by atoms with van der Waals surface area (Å²) >= 11 is 0. The van der Waals surface area contributed by atoms with Crippen LogP contribution in [0.2, 0.25) is 39.3 Å². The van der Waals surface area contributed by atoms with Gasteiger partial charge in [-0.15, -0.1) is 11.3 Å². The SMILES string of the molecule is CC(=C=C(C#C[SiH](C)C)[SiH](C)C)[SiH](C)C. The van der Waals surface area contributed by atoms with Crippen LogP contribution in [0.1, 0.15) is 6.92 Å². The Kier molecular flexibility index (Phi) is 6.95. The maximum Gasteiger partial charge on any atom is 0.117 e. The highest BCUT2D eigenvalue weighted by Crippen LogP contribution is 2.03. The Balaban J connectivity index is 5.18. The summed E-state index contributed by atoms with van der Waals surface area (Å²) in [6.07, 6.45) is 0. The Hall–Kier alpha value is -0.269. The van der Waals surface area contributed by atoms with Gasteiger partial charge in [0.15, 0.2) is 0 Å². The van der Waals surface area contributed by atoms with Gasteiger partial charge in [-0.2, -0.15) is 0 Å². The van der Waals surface area contributed by atoms with Crippen molar-refractivity contribution in [2.75, 3.05) is 0 Å². The van der Waals surface area contributed by atoms with Crippen LogP contribution in [0.15, 0.2) is 16.1 Å². The van der Waals surface area contributed by atoms with Gasteiger partial charge >= 0.3 is 0 Å². The van der Waals surface area contributed by atoms with Crippen molar-refractivity contribution >= 4 is 26.4 Å². The first-order valence-electron chi connectivity index (χ1n) is 5.83. The first kappa shape index (κ1) is 14.7. The lowest BCUT2D eigenvalue weighted by atomic mass is 10.5. The van der Waals surface area contributed by atoms with Crippen molar-refractivity contribution < 1.29 is 0 Å². The number of hydrogen-bond acceptors (Lipinski definition) is 0. The van der Waals surface area contributed by atoms with E-state index >= 15 is 0 Å². The second-order valence-electron chi connectivity index (χ2n) is 4.96. The highest BCUT2D eigenvalue weighted by molar-refractivity contribution is 6.68. The van der Waals surface area contributed by atoms with Crippen molar-refractivity contribution in [1.29, 1.82) is 0 Å². The van der Waals surface area contributed by atoms with E-state index in [-0.39, 0.29) is 0 Å². The Morgan fingerprint density at radius 2 is 1.40 bits per heavy atom. The summed E-state index contributed by atoms with van der Waals surface area (Å²) in [6, 6.07) is 0. The average Bonchev–Trinajstić information content (AvgIpc) is 2.10. The number of allylic oxidation sites excluding steroid dienone is 1. The van der Waals surface area contributed by atoms with Crippen molar-refractivity contribution in [3.8, 4) is 11.5 Å². The Bertz CT molecular complexity index is 321. The molecule has 0 N–H and O–H groups in total. The lowest BCUT2D eigenvalue weighted by molar-refractivity contribution is 1.61. The van der Waals surface area contributed by atoms with E-state index < -0.39 is 26.4 Å². The smallest absolute Gasteiger partial charge is 0.117 e. The summed E-state index contributed by atoms with van der Waals surface area (Å²) in [4.78, 5) is 0. The minimum Gasteiger partial charge on any atom is -0.131 e. The van der Waals surface area contributed by atoms with E-state index in [1.165, 1.54) is 10.4 Å². The second kappa shape index (κ2) is 7.08. The summed E-state index contributed by atoms with van der Waals surface area (Å²) in [5.74, 6) is 3.38. The zero-order valence-corrected chi connectivity index (χ0v) is 14.7. The molecule has 0 spiro atoms. The molecule has 0 aromatic rings. The predicted octanol–water partition coefficient (Wildman–Crippen LogP) is 2.54. The Morgan fingerprint density at radius 3 is 1.73 bits per heavy atom. The topological polar surface area (TPSA) is 0 Å². The van der Waals surface area contributed by atoms with Gasteiger partial charge in [-0.1, -0.05) is 45.2 Å². The molecule has 0 aliphatic heterocycles. The molecule has 0 unspecified atom stereocenters. The molecule has 15 heavy (non-hydrogen) atoms. The van der Waals surface area contributed by atoms with Gasteiger partial charge in [-0.05, 0) is 12.1 Å². The zero-order chi connectivity index (χ0) is 12.0. The number of hydrogen-bond donors (Lipinski definition) is 0. The summed E-state index contributed by atoms with van der Waals surface area (Å²) in [6.45, 7) is 16.2. The van der Waals surface area contributed by atoms with Crippen LogP contribution >= 0.6 is 0 Å². The fourth-order valence-electron chi connectivity index (χ4n) is 0.899. The molecule has 0 fully saturated rings. The van der Waals surface area contributed by atoms with Gasteiger partial charge in [0, 0.05) is 5.20 Å². The van der Waals surface area contributed by atoms with Crippen LogP contribution in [0, 0.1) is 11.5 Å². The van der Waals surface area contributed by atoms with Crippen LogP contribution in [-0.4, -0.2) is 26.4 Å². The molecule has 0 aliphatic carbocycles. The van der Waals surface area contributed by atoms with E-state index in [0.29, 0.717) is 0 Å². The maximum atomic E-state index is 3.58. The van der Waals surface area contributed by atoms with E-state index in [0.717, 1.165) is 0 Å². The molecule has 0 radical (unpaired) electrons. The minimum atomic E-state index is -0.786. The van der Waals surface area contributed by atoms with Gasteiger partial charge in [-0.25, -0.2) is 0 Å². The summed E-state index contributed by atoms with van der Waals surface area (Å²) in [5.41, 5.74) is 6.97. The highest BCUT2D eigenvalue weighted by Gasteiger charge is 2.02. The van der Waals surface area contributed by atoms with Gasteiger partial charge in [0.25, 0.3) is 0 Å². The number of rotatable bonds is 2. The van der Waals surface area contributed by atoms with Gasteiger partial charge in [0.2, 0.25) is 0 Å². The van der Waals surface area contributed by atoms with Crippen molar-refractivity contribution in [3.63, 3.8) is 0 Å². The standard InChI is InChI=1S/C12H24Si3/c1-11(14(4)5)10-12(15(6)7)8-9-13(2)3/h13-15H,1-7H3. The monoisotopic (exact) mass is 252 g/mol. The zero-order valence-electron chi connectivity index (χ0n) is 11.2. The van der Waals surface area contributed by atoms with Crippen molar-refractivity contribution in [2.24, 2.45) is 0 Å². The average molecular weight is 253 g/mol. The third kappa shape index (κ3) is 6.75. The van der Waals surface area contributed by atoms with E-state index in [2.05, 4.69) is 63.4 Å². The quantitative estimate of drug-likeness (QED) is 0.402. The first-order valence-corrected chi connectivity index (χ1v) is 14.5. The van der Waals surface area contributed by atoms with Crippen LogP contribution < -0.4 is 0 Å². The molecule has 0 saturated carbocycles. The van der Waals surface area contributed by atoms with Crippen LogP contribution in [0.4, 0.5) is 0 Å². The summed E-state index contributed by atoms with van der Waals surface area (Å²) in [7, 11) is -2.18. The highest BCUT2D eigenvalue weighted by atomic mass is 28.3. The fourth-order valence-corrected chi connectivity index (χ4v) is 3.01. The van der Waals surface area contributed by atoms with Crippen LogP contribution in [0.3, 0.4) is 0 Å². The lowest BCUT2D eigenvalue weighted by Gasteiger charge is -2.02. The molecule has 0 nitrogen and oxygen atoms in total. The Morgan fingerprint density at radius 1 is 0.867 bits per heavy atom. The van der Waals surface area contributed by atoms with Gasteiger partial charge in [0.05, 0.1) is 17.6 Å². The molecular weight excluding hydrogens is 228 g/mol. The lowest BCUT2D eigenvalue weighted by Crippen LogP contribution is -2.07. The van der Waals surface area contributed by atoms with E-state index in [4.69, 9.17) is 0 Å². The molecule has 0 rings (SSSR count). The molecule has 84 valence electrons. The normalized spacial score (nSPS) is 10.0. The first-order chi connectivity index (χ1) is 6.84. The van der Waals surface area contributed by atoms with Gasteiger partial charge in [0.1, 0.15) is 8.80 Å². The van der Waals surface area contributed by atoms with Gasteiger partial charge in [-0.3, -0.25) is 0 Å². The predicted molar refractivity (Wildman–Crippen MR) is 80.6 cm³/mol. The third-order valence-corrected chi connectivity index (χ3v) is 6.31. The molecular formula is C12H24Si3. The van der Waals surface area contributed by atoms with Gasteiger partial charge < -0.3 is 0 Å². The van der Waals surface area contributed by atoms with Crippen LogP contribution in [0.5, 0.6) is 0 Å². The molecule has 0 saturated heterocycles. The van der Waals surface area contributed by atoms with Crippen LogP contribution in [-0.2, 0) is 0 Å². The molecule has 0 heterocycles. The summed E-state index contributed by atoms with van der Waals surface area (Å²) in [5, 5.41) is 2.82. The largest absolute Gasteiger partial charge is 0.131 e. The van der Waals surface area contributed by atoms with Crippen LogP contribution in [0.25, 0.3) is 0 Å². The molecule has 0 aliphatic rings. The molecule has 3 heteroatoms. The van der Waals surface area contributed by atoms with Crippen molar-refractivity contribution in [1.82, 2.24) is 0 Å².